The van der Waals surface area contributed by atoms with Crippen LogP contribution >= 0.6 is 57.7 Å². The van der Waals surface area contributed by atoms with Crippen molar-refractivity contribution in [3.05, 3.63) is 55.1 Å². The lowest BCUT2D eigenvalue weighted by Crippen LogP contribution is -1.97. The van der Waals surface area contributed by atoms with Gasteiger partial charge in [-0.3, -0.25) is 0 Å². The lowest BCUT2D eigenvalue weighted by molar-refractivity contribution is 0.308. The van der Waals surface area contributed by atoms with E-state index in [9.17, 15) is 0 Å². The maximum absolute atomic E-state index is 6.16. The van der Waals surface area contributed by atoms with Crippen LogP contribution in [-0.2, 0) is 6.61 Å². The van der Waals surface area contributed by atoms with Crippen molar-refractivity contribution in [1.82, 2.24) is 0 Å². The SMILES string of the molecule is ClC(Cl)=CCOc1cc(Cl)c(OCc2cccs2)c(Cl)c1. The molecule has 0 radical (unpaired) electrons. The largest absolute Gasteiger partial charge is 0.489 e. The van der Waals surface area contributed by atoms with Crippen LogP contribution in [0, 0.1) is 0 Å². The first-order valence-electron chi connectivity index (χ1n) is 5.84. The van der Waals surface area contributed by atoms with Gasteiger partial charge in [0.25, 0.3) is 0 Å². The quantitative estimate of drug-likeness (QED) is 0.579. The van der Waals surface area contributed by atoms with Gasteiger partial charge < -0.3 is 9.47 Å². The second-order valence-electron chi connectivity index (χ2n) is 3.89. The van der Waals surface area contributed by atoms with Gasteiger partial charge in [0, 0.05) is 17.0 Å². The summed E-state index contributed by atoms with van der Waals surface area (Å²) in [5, 5.41) is 2.75. The molecule has 21 heavy (non-hydrogen) atoms. The second-order valence-corrected chi connectivity index (χ2v) is 6.74. The van der Waals surface area contributed by atoms with Crippen molar-refractivity contribution < 1.29 is 9.47 Å². The normalized spacial score (nSPS) is 10.3. The molecule has 0 saturated carbocycles. The van der Waals surface area contributed by atoms with E-state index in [4.69, 9.17) is 55.9 Å². The van der Waals surface area contributed by atoms with E-state index in [1.54, 1.807) is 23.5 Å². The monoisotopic (exact) mass is 382 g/mol. The maximum atomic E-state index is 6.16. The molecule has 0 unspecified atom stereocenters. The van der Waals surface area contributed by atoms with Crippen LogP contribution in [0.1, 0.15) is 4.88 Å². The summed E-state index contributed by atoms with van der Waals surface area (Å²) in [6, 6.07) is 7.20. The first-order chi connectivity index (χ1) is 10.1. The highest BCUT2D eigenvalue weighted by molar-refractivity contribution is 7.09. The van der Waals surface area contributed by atoms with Crippen molar-refractivity contribution in [3.63, 3.8) is 0 Å². The van der Waals surface area contributed by atoms with E-state index in [0.717, 1.165) is 4.88 Å². The molecule has 2 nitrogen and oxygen atoms in total. The van der Waals surface area contributed by atoms with Crippen LogP contribution in [0.5, 0.6) is 11.5 Å². The van der Waals surface area contributed by atoms with Crippen LogP contribution in [0.15, 0.2) is 40.2 Å². The number of ether oxygens (including phenoxy) is 2. The highest BCUT2D eigenvalue weighted by atomic mass is 35.5. The molecule has 1 aromatic carbocycles. The molecular formula is C14H10Cl4O2S. The summed E-state index contributed by atoms with van der Waals surface area (Å²) >= 11 is 24.9. The smallest absolute Gasteiger partial charge is 0.157 e. The minimum Gasteiger partial charge on any atom is -0.489 e. The lowest BCUT2D eigenvalue weighted by Gasteiger charge is -2.11. The first-order valence-corrected chi connectivity index (χ1v) is 8.23. The van der Waals surface area contributed by atoms with Crippen molar-refractivity contribution in [2.75, 3.05) is 6.61 Å². The van der Waals surface area contributed by atoms with Gasteiger partial charge in [-0.15, -0.1) is 11.3 Å². The molecular weight excluding hydrogens is 374 g/mol. The Kier molecular flexibility index (Phi) is 6.52. The second kappa shape index (κ2) is 8.16. The Balaban J connectivity index is 2.04. The zero-order valence-corrected chi connectivity index (χ0v) is 14.5. The molecule has 0 bridgehead atoms. The van der Waals surface area contributed by atoms with E-state index in [0.29, 0.717) is 28.2 Å². The molecule has 0 aliphatic rings. The Hall–Kier alpha value is -0.580. The van der Waals surface area contributed by atoms with Gasteiger partial charge in [0.15, 0.2) is 5.75 Å². The Morgan fingerprint density at radius 2 is 1.86 bits per heavy atom. The van der Waals surface area contributed by atoms with Crippen LogP contribution in [0.2, 0.25) is 10.0 Å². The minimum absolute atomic E-state index is 0.142. The van der Waals surface area contributed by atoms with Crippen molar-refractivity contribution in [2.24, 2.45) is 0 Å². The third-order valence-corrected chi connectivity index (χ3v) is 4.12. The molecule has 0 N–H and O–H groups in total. The van der Waals surface area contributed by atoms with E-state index in [1.165, 1.54) is 6.08 Å². The molecule has 0 amide bonds. The summed E-state index contributed by atoms with van der Waals surface area (Å²) in [5.41, 5.74) is 0. The average molecular weight is 384 g/mol. The van der Waals surface area contributed by atoms with E-state index >= 15 is 0 Å². The molecule has 0 fully saturated rings. The van der Waals surface area contributed by atoms with Crippen molar-refractivity contribution in [2.45, 2.75) is 6.61 Å². The molecule has 2 rings (SSSR count). The van der Waals surface area contributed by atoms with Gasteiger partial charge in [-0.05, 0) is 17.5 Å². The zero-order valence-electron chi connectivity index (χ0n) is 10.6. The van der Waals surface area contributed by atoms with E-state index in [1.807, 2.05) is 17.5 Å². The maximum Gasteiger partial charge on any atom is 0.157 e. The highest BCUT2D eigenvalue weighted by Gasteiger charge is 2.11. The Morgan fingerprint density at radius 1 is 1.14 bits per heavy atom. The average Bonchev–Trinajstić information content (AvgIpc) is 2.90. The summed E-state index contributed by atoms with van der Waals surface area (Å²) in [6.45, 7) is 0.645. The molecule has 0 spiro atoms. The number of hydrogen-bond acceptors (Lipinski definition) is 3. The summed E-state index contributed by atoms with van der Waals surface area (Å²) < 4.78 is 11.2. The van der Waals surface area contributed by atoms with Crippen LogP contribution < -0.4 is 9.47 Å². The Bertz CT molecular complexity index is 599. The molecule has 0 aliphatic carbocycles. The molecule has 2 aromatic rings. The minimum atomic E-state index is 0.142. The molecule has 0 atom stereocenters. The number of benzene rings is 1. The fraction of sp³-hybridized carbons (Fsp3) is 0.143. The summed E-state index contributed by atoms with van der Waals surface area (Å²) in [6.07, 6.45) is 1.52. The van der Waals surface area contributed by atoms with E-state index in [2.05, 4.69) is 0 Å². The standard InChI is InChI=1S/C14H10Cl4O2S/c15-11-6-9(19-4-3-13(17)18)7-12(16)14(11)20-8-10-2-1-5-21-10/h1-3,5-7H,4,8H2. The molecule has 1 heterocycles. The molecule has 0 saturated heterocycles. The van der Waals surface area contributed by atoms with Crippen molar-refractivity contribution in [1.29, 1.82) is 0 Å². The van der Waals surface area contributed by atoms with Gasteiger partial charge >= 0.3 is 0 Å². The molecule has 0 aliphatic heterocycles. The summed E-state index contributed by atoms with van der Waals surface area (Å²) in [7, 11) is 0. The predicted octanol–water partition coefficient (Wildman–Crippen LogP) is 6.33. The topological polar surface area (TPSA) is 18.5 Å². The zero-order chi connectivity index (χ0) is 15.2. The molecule has 1 aromatic heterocycles. The Morgan fingerprint density at radius 3 is 2.43 bits per heavy atom. The number of rotatable bonds is 6. The van der Waals surface area contributed by atoms with Gasteiger partial charge in [0.2, 0.25) is 0 Å². The van der Waals surface area contributed by atoms with Crippen LogP contribution in [0.25, 0.3) is 0 Å². The number of hydrogen-bond donors (Lipinski definition) is 0. The van der Waals surface area contributed by atoms with Crippen LogP contribution in [-0.4, -0.2) is 6.61 Å². The van der Waals surface area contributed by atoms with E-state index in [-0.39, 0.29) is 11.1 Å². The summed E-state index contributed by atoms with van der Waals surface area (Å²) in [5.74, 6) is 0.948. The lowest BCUT2D eigenvalue weighted by atomic mass is 10.3. The van der Waals surface area contributed by atoms with Gasteiger partial charge in [-0.25, -0.2) is 0 Å². The number of thiophene rings is 1. The van der Waals surface area contributed by atoms with Crippen molar-refractivity contribution in [3.8, 4) is 11.5 Å². The van der Waals surface area contributed by atoms with Gasteiger partial charge in [-0.1, -0.05) is 52.5 Å². The van der Waals surface area contributed by atoms with Crippen molar-refractivity contribution >= 4 is 57.7 Å². The highest BCUT2D eigenvalue weighted by Crippen LogP contribution is 2.37. The predicted molar refractivity (Wildman–Crippen MR) is 90.4 cm³/mol. The fourth-order valence-electron chi connectivity index (χ4n) is 1.50. The van der Waals surface area contributed by atoms with Gasteiger partial charge in [0.05, 0.1) is 10.0 Å². The molecule has 112 valence electrons. The molecule has 7 heteroatoms. The fourth-order valence-corrected chi connectivity index (χ4v) is 2.81. The third kappa shape index (κ3) is 5.28. The number of halogens is 4. The third-order valence-electron chi connectivity index (χ3n) is 2.40. The van der Waals surface area contributed by atoms with Gasteiger partial charge in [-0.2, -0.15) is 0 Å². The summed E-state index contributed by atoms with van der Waals surface area (Å²) in [4.78, 5) is 1.09. The Labute approximate surface area is 146 Å². The van der Waals surface area contributed by atoms with Gasteiger partial charge in [0.1, 0.15) is 23.5 Å². The van der Waals surface area contributed by atoms with E-state index < -0.39 is 0 Å². The van der Waals surface area contributed by atoms with Crippen LogP contribution in [0.4, 0.5) is 0 Å². The first kappa shape index (κ1) is 16.8. The van der Waals surface area contributed by atoms with Crippen LogP contribution in [0.3, 0.4) is 0 Å².